The smallest absolute Gasteiger partial charge is 0.337 e. The van der Waals surface area contributed by atoms with Crippen LogP contribution in [-0.2, 0) is 23.6 Å². The minimum atomic E-state index is -0.878. The lowest BCUT2D eigenvalue weighted by molar-refractivity contribution is -0.138. The zero-order chi connectivity index (χ0) is 26.3. The van der Waals surface area contributed by atoms with Crippen LogP contribution in [0.15, 0.2) is 81.9 Å². The van der Waals surface area contributed by atoms with E-state index < -0.39 is 23.1 Å². The molecule has 1 atom stereocenters. The summed E-state index contributed by atoms with van der Waals surface area (Å²) in [4.78, 5) is 40.4. The lowest BCUT2D eigenvalue weighted by Crippen LogP contribution is -2.43. The van der Waals surface area contributed by atoms with E-state index >= 15 is 0 Å². The summed E-state index contributed by atoms with van der Waals surface area (Å²) in [6.07, 6.45) is 0. The van der Waals surface area contributed by atoms with Crippen molar-refractivity contribution in [3.05, 3.63) is 110 Å². The topological polar surface area (TPSA) is 91.6 Å². The van der Waals surface area contributed by atoms with Gasteiger partial charge in [0.25, 0.3) is 5.56 Å². The summed E-state index contributed by atoms with van der Waals surface area (Å²) in [5.41, 5.74) is 1.39. The molecule has 0 radical (unpaired) electrons. The van der Waals surface area contributed by atoms with E-state index in [1.807, 2.05) is 66.7 Å². The van der Waals surface area contributed by atoms with Crippen molar-refractivity contribution in [1.29, 1.82) is 0 Å². The molecule has 1 aliphatic heterocycles. The van der Waals surface area contributed by atoms with Gasteiger partial charge in [0, 0.05) is 19.7 Å². The van der Waals surface area contributed by atoms with Crippen LogP contribution in [0.25, 0.3) is 16.5 Å². The Balaban J connectivity index is 2.00. The second-order valence-electron chi connectivity index (χ2n) is 8.80. The SMILES string of the molecule is CCOC(=O)C1=C(c2ccccc2)Nc2c(c(=O)n(C)c(=O)n2C)C1c1c(OC)ccc2ccccc12. The van der Waals surface area contributed by atoms with Gasteiger partial charge in [-0.2, -0.15) is 0 Å². The fourth-order valence-corrected chi connectivity index (χ4v) is 5.06. The number of hydrogen-bond donors (Lipinski definition) is 1. The van der Waals surface area contributed by atoms with Crippen molar-refractivity contribution >= 4 is 28.3 Å². The van der Waals surface area contributed by atoms with Gasteiger partial charge in [0.15, 0.2) is 0 Å². The first-order valence-electron chi connectivity index (χ1n) is 12.0. The van der Waals surface area contributed by atoms with Crippen LogP contribution in [0.2, 0.25) is 0 Å². The van der Waals surface area contributed by atoms with Crippen LogP contribution < -0.4 is 21.3 Å². The van der Waals surface area contributed by atoms with Gasteiger partial charge in [0.05, 0.1) is 36.5 Å². The maximum absolute atomic E-state index is 13.8. The molecule has 1 N–H and O–H groups in total. The Morgan fingerprint density at radius 2 is 1.62 bits per heavy atom. The third kappa shape index (κ3) is 3.81. The normalized spacial score (nSPS) is 14.8. The van der Waals surface area contributed by atoms with E-state index in [1.165, 1.54) is 11.6 Å². The molecule has 0 saturated carbocycles. The largest absolute Gasteiger partial charge is 0.496 e. The van der Waals surface area contributed by atoms with Crippen molar-refractivity contribution in [2.75, 3.05) is 19.0 Å². The maximum atomic E-state index is 13.8. The number of benzene rings is 3. The molecular weight excluding hydrogens is 470 g/mol. The number of carbonyl (C=O) groups is 1. The molecule has 8 nitrogen and oxygen atoms in total. The highest BCUT2D eigenvalue weighted by atomic mass is 16.5. The third-order valence-corrected chi connectivity index (χ3v) is 6.79. The average Bonchev–Trinajstić information content (AvgIpc) is 2.93. The number of ether oxygens (including phenoxy) is 2. The summed E-state index contributed by atoms with van der Waals surface area (Å²) >= 11 is 0. The van der Waals surface area contributed by atoms with Crippen LogP contribution in [0.3, 0.4) is 0 Å². The van der Waals surface area contributed by atoms with Gasteiger partial charge >= 0.3 is 11.7 Å². The molecule has 4 aromatic rings. The van der Waals surface area contributed by atoms with Gasteiger partial charge < -0.3 is 14.8 Å². The molecule has 0 amide bonds. The fourth-order valence-electron chi connectivity index (χ4n) is 5.06. The number of anilines is 1. The fraction of sp³-hybridized carbons (Fsp3) is 0.207. The summed E-state index contributed by atoms with van der Waals surface area (Å²) < 4.78 is 13.8. The van der Waals surface area contributed by atoms with Gasteiger partial charge in [-0.1, -0.05) is 60.7 Å². The standard InChI is InChI=1S/C29H27N3O5/c1-5-37-28(34)23-22(21-19-14-10-9-11-17(19)15-16-20(21)36-4)24-26(31(2)29(35)32(3)27(24)33)30-25(23)18-12-7-6-8-13-18/h6-16,22,30H,5H2,1-4H3. The molecule has 2 heterocycles. The van der Waals surface area contributed by atoms with Crippen LogP contribution in [0.5, 0.6) is 5.75 Å². The second kappa shape index (κ2) is 9.46. The van der Waals surface area contributed by atoms with Gasteiger partial charge in [-0.15, -0.1) is 0 Å². The van der Waals surface area contributed by atoms with E-state index in [0.29, 0.717) is 28.4 Å². The Morgan fingerprint density at radius 1 is 0.919 bits per heavy atom. The highest BCUT2D eigenvalue weighted by molar-refractivity contribution is 6.06. The first-order valence-corrected chi connectivity index (χ1v) is 12.0. The Morgan fingerprint density at radius 3 is 2.32 bits per heavy atom. The van der Waals surface area contributed by atoms with E-state index in [-0.39, 0.29) is 17.7 Å². The highest BCUT2D eigenvalue weighted by Crippen LogP contribution is 2.47. The molecule has 5 rings (SSSR count). The minimum absolute atomic E-state index is 0.155. The highest BCUT2D eigenvalue weighted by Gasteiger charge is 2.41. The van der Waals surface area contributed by atoms with Gasteiger partial charge in [-0.05, 0) is 29.3 Å². The number of esters is 1. The van der Waals surface area contributed by atoms with Crippen molar-refractivity contribution in [3.63, 3.8) is 0 Å². The summed E-state index contributed by atoms with van der Waals surface area (Å²) in [6, 6.07) is 20.8. The molecule has 1 aliphatic rings. The molecular formula is C29H27N3O5. The number of fused-ring (bicyclic) bond motifs is 2. The van der Waals surface area contributed by atoms with Crippen LogP contribution >= 0.6 is 0 Å². The molecule has 1 unspecified atom stereocenters. The van der Waals surface area contributed by atoms with Crippen LogP contribution in [0.1, 0.15) is 29.5 Å². The summed E-state index contributed by atoms with van der Waals surface area (Å²) in [5, 5.41) is 5.00. The Hall–Kier alpha value is -4.59. The Kier molecular flexibility index (Phi) is 6.17. The second-order valence-corrected chi connectivity index (χ2v) is 8.80. The molecule has 37 heavy (non-hydrogen) atoms. The van der Waals surface area contributed by atoms with E-state index in [9.17, 15) is 14.4 Å². The molecule has 0 spiro atoms. The molecule has 0 bridgehead atoms. The predicted octanol–water partition coefficient (Wildman–Crippen LogP) is 3.78. The minimum Gasteiger partial charge on any atom is -0.496 e. The maximum Gasteiger partial charge on any atom is 0.337 e. The zero-order valence-corrected chi connectivity index (χ0v) is 21.1. The molecule has 1 aromatic heterocycles. The lowest BCUT2D eigenvalue weighted by atomic mass is 9.78. The molecule has 0 aliphatic carbocycles. The number of nitrogens with one attached hydrogen (secondary N) is 1. The Labute approximate surface area is 213 Å². The predicted molar refractivity (Wildman–Crippen MR) is 143 cm³/mol. The molecule has 0 fully saturated rings. The number of hydrogen-bond acceptors (Lipinski definition) is 6. The number of carbonyl (C=O) groups excluding carboxylic acids is 1. The number of aromatic nitrogens is 2. The van der Waals surface area contributed by atoms with Crippen molar-refractivity contribution < 1.29 is 14.3 Å². The van der Waals surface area contributed by atoms with Crippen molar-refractivity contribution in [3.8, 4) is 5.75 Å². The monoisotopic (exact) mass is 497 g/mol. The van der Waals surface area contributed by atoms with Gasteiger partial charge in [0.2, 0.25) is 0 Å². The van der Waals surface area contributed by atoms with Crippen molar-refractivity contribution in [1.82, 2.24) is 9.13 Å². The van der Waals surface area contributed by atoms with Gasteiger partial charge in [-0.3, -0.25) is 13.9 Å². The summed E-state index contributed by atoms with van der Waals surface area (Å²) in [6.45, 7) is 1.89. The number of nitrogens with zero attached hydrogens (tertiary/aromatic N) is 2. The number of rotatable bonds is 5. The first-order chi connectivity index (χ1) is 17.9. The quantitative estimate of drug-likeness (QED) is 0.422. The van der Waals surface area contributed by atoms with Crippen LogP contribution in [0, 0.1) is 0 Å². The van der Waals surface area contributed by atoms with Crippen LogP contribution in [-0.4, -0.2) is 28.8 Å². The first kappa shape index (κ1) is 24.1. The zero-order valence-electron chi connectivity index (χ0n) is 21.1. The summed E-state index contributed by atoms with van der Waals surface area (Å²) in [7, 11) is 4.59. The van der Waals surface area contributed by atoms with Gasteiger partial charge in [-0.25, -0.2) is 9.59 Å². The molecule has 3 aromatic carbocycles. The summed E-state index contributed by atoms with van der Waals surface area (Å²) in [5.74, 6) is -0.603. The van der Waals surface area contributed by atoms with E-state index in [1.54, 1.807) is 21.1 Å². The van der Waals surface area contributed by atoms with Crippen molar-refractivity contribution in [2.45, 2.75) is 12.8 Å². The average molecular weight is 498 g/mol. The number of methoxy groups -OCH3 is 1. The molecule has 8 heteroatoms. The van der Waals surface area contributed by atoms with Gasteiger partial charge in [0.1, 0.15) is 11.6 Å². The van der Waals surface area contributed by atoms with E-state index in [0.717, 1.165) is 15.3 Å². The lowest BCUT2D eigenvalue weighted by Gasteiger charge is -2.33. The van der Waals surface area contributed by atoms with Crippen molar-refractivity contribution in [2.24, 2.45) is 14.1 Å². The van der Waals surface area contributed by atoms with Crippen LogP contribution in [0.4, 0.5) is 5.82 Å². The molecule has 0 saturated heterocycles. The van der Waals surface area contributed by atoms with E-state index in [2.05, 4.69) is 5.32 Å². The molecule has 188 valence electrons. The Bertz CT molecular complexity index is 1680. The third-order valence-electron chi connectivity index (χ3n) is 6.79. The van der Waals surface area contributed by atoms with E-state index in [4.69, 9.17) is 9.47 Å².